The molecule has 0 amide bonds. The Bertz CT molecular complexity index is 29.4. The maximum absolute atomic E-state index is 8.13. The summed E-state index contributed by atoms with van der Waals surface area (Å²) in [5, 5.41) is 8.13. The van der Waals surface area contributed by atoms with Gasteiger partial charge in [-0.15, -0.1) is 0 Å². The quantitative estimate of drug-likeness (QED) is 0.406. The molecule has 0 fully saturated rings. The Morgan fingerprint density at radius 1 is 1.57 bits per heavy atom. The highest BCUT2D eigenvalue weighted by Crippen LogP contribution is 2.02. The van der Waals surface area contributed by atoms with Crippen LogP contribution < -0.4 is 0 Å². The van der Waals surface area contributed by atoms with Gasteiger partial charge in [-0.2, -0.15) is 0 Å². The van der Waals surface area contributed by atoms with E-state index < -0.39 is 9.03 Å². The average molecular weight is 124 g/mol. The van der Waals surface area contributed by atoms with Crippen LogP contribution in [-0.2, 0) is 4.52 Å². The Morgan fingerprint density at radius 3 is 2.71 bits per heavy atom. The van der Waals surface area contributed by atoms with Crippen LogP contribution in [0, 0.1) is 0 Å². The van der Waals surface area contributed by atoms with Gasteiger partial charge in [0.2, 0.25) is 0 Å². The second-order valence-corrected chi connectivity index (χ2v) is 1.49. The van der Waals surface area contributed by atoms with Gasteiger partial charge in [0.1, 0.15) is 0 Å². The van der Waals surface area contributed by atoms with Gasteiger partial charge < -0.3 is 14.5 Å². The third-order valence-electron chi connectivity index (χ3n) is 0.469. The monoisotopic (exact) mass is 124 g/mol. The topological polar surface area (TPSA) is 49.7 Å². The van der Waals surface area contributed by atoms with Gasteiger partial charge in [-0.3, -0.25) is 0 Å². The van der Waals surface area contributed by atoms with E-state index in [-0.39, 0.29) is 6.61 Å². The van der Waals surface area contributed by atoms with Crippen molar-refractivity contribution in [2.45, 2.75) is 6.42 Å². The molecule has 0 aliphatic rings. The summed E-state index contributed by atoms with van der Waals surface area (Å²) < 4.78 is 4.50. The third-order valence-corrected chi connectivity index (χ3v) is 0.802. The molecule has 0 aromatic heterocycles. The Hall–Kier alpha value is 0.310. The summed E-state index contributed by atoms with van der Waals surface area (Å²) in [5.74, 6) is 0. The van der Waals surface area contributed by atoms with Crippen LogP contribution in [0.3, 0.4) is 0 Å². The van der Waals surface area contributed by atoms with Gasteiger partial charge in [0.25, 0.3) is 0 Å². The van der Waals surface area contributed by atoms with E-state index in [0.717, 1.165) is 0 Å². The first-order valence-corrected chi connectivity index (χ1v) is 2.89. The van der Waals surface area contributed by atoms with E-state index in [1.54, 1.807) is 0 Å². The lowest BCUT2D eigenvalue weighted by Crippen LogP contribution is -1.88. The minimum absolute atomic E-state index is 0.129. The maximum Gasteiger partial charge on any atom is 0.152 e. The van der Waals surface area contributed by atoms with Gasteiger partial charge >= 0.3 is 0 Å². The summed E-state index contributed by atoms with van der Waals surface area (Å²) >= 11 is 0. The Morgan fingerprint density at radius 2 is 2.29 bits per heavy atom. The van der Waals surface area contributed by atoms with E-state index in [1.807, 2.05) is 0 Å². The van der Waals surface area contributed by atoms with Crippen LogP contribution in [-0.4, -0.2) is 23.2 Å². The average Bonchev–Trinajstić information content (AvgIpc) is 1.69. The fourth-order valence-corrected chi connectivity index (χ4v) is 0.418. The van der Waals surface area contributed by atoms with Gasteiger partial charge in [-0.25, -0.2) is 0 Å². The lowest BCUT2D eigenvalue weighted by Gasteiger charge is -1.92. The summed E-state index contributed by atoms with van der Waals surface area (Å²) in [4.78, 5) is 8.02. The molecule has 0 aromatic carbocycles. The lowest BCUT2D eigenvalue weighted by molar-refractivity contribution is 0.238. The van der Waals surface area contributed by atoms with Crippen molar-refractivity contribution in [3.05, 3.63) is 0 Å². The fraction of sp³-hybridized carbons (Fsp3) is 1.00. The summed E-state index contributed by atoms with van der Waals surface area (Å²) in [6, 6.07) is 0. The van der Waals surface area contributed by atoms with Crippen molar-refractivity contribution in [2.75, 3.05) is 13.2 Å². The summed E-state index contributed by atoms with van der Waals surface area (Å²) in [6.45, 7) is 0.579. The van der Waals surface area contributed by atoms with Crippen molar-refractivity contribution in [3.63, 3.8) is 0 Å². The van der Waals surface area contributed by atoms with Crippen LogP contribution in [0.4, 0.5) is 0 Å². The summed E-state index contributed by atoms with van der Waals surface area (Å²) in [5.41, 5.74) is 0. The molecule has 0 aromatic rings. The van der Waals surface area contributed by atoms with Crippen molar-refractivity contribution >= 4 is 9.03 Å². The molecule has 1 unspecified atom stereocenters. The van der Waals surface area contributed by atoms with E-state index in [1.165, 1.54) is 0 Å². The molecular formula is C3H9O3P. The first-order chi connectivity index (χ1) is 3.41. The molecule has 0 radical (unpaired) electrons. The molecule has 0 aliphatic carbocycles. The molecule has 44 valence electrons. The number of aliphatic hydroxyl groups is 1. The van der Waals surface area contributed by atoms with E-state index in [4.69, 9.17) is 10.00 Å². The van der Waals surface area contributed by atoms with Crippen LogP contribution in [0.25, 0.3) is 0 Å². The first-order valence-electron chi connectivity index (χ1n) is 2.03. The molecule has 0 heterocycles. The third kappa shape index (κ3) is 6.31. The summed E-state index contributed by atoms with van der Waals surface area (Å²) in [6.07, 6.45) is 0.605. The second kappa shape index (κ2) is 6.31. The lowest BCUT2D eigenvalue weighted by atomic mass is 10.5. The molecule has 0 saturated heterocycles. The van der Waals surface area contributed by atoms with Gasteiger partial charge in [0.15, 0.2) is 9.03 Å². The van der Waals surface area contributed by atoms with Crippen LogP contribution in [0.15, 0.2) is 0 Å². The second-order valence-electron chi connectivity index (χ2n) is 1.02. The largest absolute Gasteiger partial charge is 0.396 e. The fourth-order valence-electron chi connectivity index (χ4n) is 0.182. The van der Waals surface area contributed by atoms with Crippen molar-refractivity contribution in [3.8, 4) is 0 Å². The molecule has 0 aliphatic heterocycles. The molecular weight excluding hydrogens is 115 g/mol. The minimum Gasteiger partial charge on any atom is -0.396 e. The maximum atomic E-state index is 8.13. The number of aliphatic hydroxyl groups excluding tert-OH is 1. The summed E-state index contributed by atoms with van der Waals surface area (Å²) in [7, 11) is -0.443. The standard InChI is InChI=1S/C3H9O3P/c4-2-1-3-6-7-5/h4-5,7H,1-3H2. The SMILES string of the molecule is OCCCOPO. The predicted molar refractivity (Wildman–Crippen MR) is 28.2 cm³/mol. The van der Waals surface area contributed by atoms with E-state index >= 15 is 0 Å². The van der Waals surface area contributed by atoms with E-state index in [2.05, 4.69) is 4.52 Å². The molecule has 4 heteroatoms. The molecule has 0 spiro atoms. The van der Waals surface area contributed by atoms with E-state index in [0.29, 0.717) is 13.0 Å². The number of rotatable bonds is 4. The van der Waals surface area contributed by atoms with Crippen LogP contribution in [0.2, 0.25) is 0 Å². The van der Waals surface area contributed by atoms with Crippen molar-refractivity contribution < 1.29 is 14.5 Å². The number of hydrogen-bond donors (Lipinski definition) is 2. The smallest absolute Gasteiger partial charge is 0.152 e. The van der Waals surface area contributed by atoms with Gasteiger partial charge in [-0.05, 0) is 6.42 Å². The van der Waals surface area contributed by atoms with E-state index in [9.17, 15) is 0 Å². The molecule has 0 saturated carbocycles. The van der Waals surface area contributed by atoms with Gasteiger partial charge in [0, 0.05) is 6.61 Å². The zero-order valence-corrected chi connectivity index (χ0v) is 4.92. The zero-order chi connectivity index (χ0) is 5.54. The first kappa shape index (κ1) is 7.31. The Labute approximate surface area is 44.3 Å². The molecule has 0 bridgehead atoms. The van der Waals surface area contributed by atoms with Crippen molar-refractivity contribution in [2.24, 2.45) is 0 Å². The molecule has 3 nitrogen and oxygen atoms in total. The molecule has 7 heavy (non-hydrogen) atoms. The number of hydrogen-bond acceptors (Lipinski definition) is 3. The minimum atomic E-state index is -0.443. The molecule has 1 atom stereocenters. The van der Waals surface area contributed by atoms with Crippen LogP contribution >= 0.6 is 9.03 Å². The van der Waals surface area contributed by atoms with Crippen molar-refractivity contribution in [1.82, 2.24) is 0 Å². The molecule has 0 rings (SSSR count). The normalized spacial score (nSPS) is 11.1. The van der Waals surface area contributed by atoms with Crippen LogP contribution in [0.5, 0.6) is 0 Å². The molecule has 2 N–H and O–H groups in total. The highest BCUT2D eigenvalue weighted by atomic mass is 31.1. The predicted octanol–water partition coefficient (Wildman–Crippen LogP) is -0.114. The van der Waals surface area contributed by atoms with Crippen LogP contribution in [0.1, 0.15) is 6.42 Å². The van der Waals surface area contributed by atoms with Crippen molar-refractivity contribution in [1.29, 1.82) is 0 Å². The zero-order valence-electron chi connectivity index (χ0n) is 3.92. The Balaban J connectivity index is 2.45. The van der Waals surface area contributed by atoms with Gasteiger partial charge in [-0.1, -0.05) is 0 Å². The van der Waals surface area contributed by atoms with Gasteiger partial charge in [0.05, 0.1) is 6.61 Å². The highest BCUT2D eigenvalue weighted by Gasteiger charge is 1.80. The highest BCUT2D eigenvalue weighted by molar-refractivity contribution is 7.24. The Kier molecular flexibility index (Phi) is 6.59.